The molecule has 0 bridgehead atoms. The highest BCUT2D eigenvalue weighted by Gasteiger charge is 2.41. The predicted octanol–water partition coefficient (Wildman–Crippen LogP) is 2.44. The van der Waals surface area contributed by atoms with Gasteiger partial charge in [-0.25, -0.2) is 4.79 Å². The van der Waals surface area contributed by atoms with Crippen LogP contribution in [0.5, 0.6) is 0 Å². The lowest BCUT2D eigenvalue weighted by Gasteiger charge is -2.34. The molecule has 1 aliphatic rings. The molecule has 0 radical (unpaired) electrons. The topological polar surface area (TPSA) is 92.4 Å². The molecule has 0 heterocycles. The first kappa shape index (κ1) is 14.7. The second-order valence-corrected chi connectivity index (χ2v) is 5.55. The highest BCUT2D eigenvalue weighted by molar-refractivity contribution is 6.33. The van der Waals surface area contributed by atoms with Crippen molar-refractivity contribution in [2.75, 3.05) is 5.73 Å². The lowest BCUT2D eigenvalue weighted by molar-refractivity contribution is -0.145. The molecule has 0 aliphatic heterocycles. The van der Waals surface area contributed by atoms with Gasteiger partial charge in [-0.3, -0.25) is 4.79 Å². The zero-order chi connectivity index (χ0) is 14.8. The van der Waals surface area contributed by atoms with Crippen molar-refractivity contribution in [1.82, 2.24) is 5.32 Å². The maximum atomic E-state index is 12.2. The second-order valence-electron chi connectivity index (χ2n) is 5.14. The van der Waals surface area contributed by atoms with E-state index < -0.39 is 17.4 Å². The maximum Gasteiger partial charge on any atom is 0.329 e. The Labute approximate surface area is 122 Å². The largest absolute Gasteiger partial charge is 0.480 e. The second kappa shape index (κ2) is 5.71. The molecule has 0 atom stereocenters. The van der Waals surface area contributed by atoms with E-state index in [1.165, 1.54) is 18.2 Å². The molecule has 1 saturated carbocycles. The highest BCUT2D eigenvalue weighted by Crippen LogP contribution is 2.29. The number of carboxylic acid groups (broad SMARTS) is 1. The molecule has 1 aliphatic carbocycles. The van der Waals surface area contributed by atoms with Gasteiger partial charge in [-0.1, -0.05) is 30.9 Å². The minimum Gasteiger partial charge on any atom is -0.480 e. The number of halogens is 1. The van der Waals surface area contributed by atoms with Crippen LogP contribution in [-0.4, -0.2) is 22.5 Å². The summed E-state index contributed by atoms with van der Waals surface area (Å²) in [7, 11) is 0. The number of carboxylic acids is 1. The number of aliphatic carboxylic acids is 1. The summed E-state index contributed by atoms with van der Waals surface area (Å²) in [6.07, 6.45) is 3.51. The van der Waals surface area contributed by atoms with E-state index >= 15 is 0 Å². The number of carbonyl (C=O) groups excluding carboxylic acids is 1. The molecule has 0 unspecified atom stereocenters. The van der Waals surface area contributed by atoms with Gasteiger partial charge >= 0.3 is 5.97 Å². The fraction of sp³-hybridized carbons (Fsp3) is 0.429. The first-order valence-corrected chi connectivity index (χ1v) is 6.93. The van der Waals surface area contributed by atoms with Crippen LogP contribution in [0.25, 0.3) is 0 Å². The van der Waals surface area contributed by atoms with Crippen molar-refractivity contribution in [3.05, 3.63) is 28.8 Å². The normalized spacial score (nSPS) is 17.4. The molecule has 1 fully saturated rings. The van der Waals surface area contributed by atoms with Crippen LogP contribution in [0.15, 0.2) is 18.2 Å². The van der Waals surface area contributed by atoms with Crippen molar-refractivity contribution in [1.29, 1.82) is 0 Å². The molecule has 0 aromatic heterocycles. The quantitative estimate of drug-likeness (QED) is 0.747. The summed E-state index contributed by atoms with van der Waals surface area (Å²) in [5.41, 5.74) is 5.12. The summed E-state index contributed by atoms with van der Waals surface area (Å²) in [6, 6.07) is 4.52. The minimum absolute atomic E-state index is 0.283. The number of carbonyl (C=O) groups is 2. The molecule has 4 N–H and O–H groups in total. The van der Waals surface area contributed by atoms with Crippen molar-refractivity contribution in [3.63, 3.8) is 0 Å². The Bertz CT molecular complexity index is 539. The minimum atomic E-state index is -1.16. The fourth-order valence-electron chi connectivity index (χ4n) is 2.51. The maximum absolute atomic E-state index is 12.2. The molecule has 1 aromatic rings. The number of hydrogen-bond acceptors (Lipinski definition) is 3. The summed E-state index contributed by atoms with van der Waals surface area (Å²) in [6.45, 7) is 0. The standard InChI is InChI=1S/C14H17ClN2O3/c15-10-8-9(4-5-11(10)16)12(18)17-14(13(19)20)6-2-1-3-7-14/h4-5,8H,1-3,6-7,16H2,(H,17,18)(H,19,20). The number of nitrogen functional groups attached to an aromatic ring is 1. The molecular formula is C14H17ClN2O3. The van der Waals surface area contributed by atoms with Crippen LogP contribution in [0, 0.1) is 0 Å². The molecule has 2 rings (SSSR count). The summed E-state index contributed by atoms with van der Waals surface area (Å²) in [4.78, 5) is 23.7. The van der Waals surface area contributed by atoms with Crippen LogP contribution in [0.2, 0.25) is 5.02 Å². The molecule has 1 aromatic carbocycles. The number of nitrogens with one attached hydrogen (secondary N) is 1. The Morgan fingerprint density at radius 2 is 1.90 bits per heavy atom. The third-order valence-corrected chi connectivity index (χ3v) is 4.06. The van der Waals surface area contributed by atoms with Gasteiger partial charge in [0.05, 0.1) is 10.7 Å². The van der Waals surface area contributed by atoms with E-state index in [9.17, 15) is 14.7 Å². The Hall–Kier alpha value is -1.75. The number of benzene rings is 1. The Morgan fingerprint density at radius 3 is 2.45 bits per heavy atom. The number of rotatable bonds is 3. The van der Waals surface area contributed by atoms with Gasteiger partial charge in [-0.15, -0.1) is 0 Å². The number of anilines is 1. The number of nitrogens with two attached hydrogens (primary N) is 1. The fourth-order valence-corrected chi connectivity index (χ4v) is 2.69. The zero-order valence-corrected chi connectivity index (χ0v) is 11.7. The van der Waals surface area contributed by atoms with E-state index in [1.54, 1.807) is 0 Å². The van der Waals surface area contributed by atoms with Crippen molar-refractivity contribution < 1.29 is 14.7 Å². The van der Waals surface area contributed by atoms with Crippen molar-refractivity contribution >= 4 is 29.2 Å². The molecule has 20 heavy (non-hydrogen) atoms. The van der Waals surface area contributed by atoms with Crippen molar-refractivity contribution in [2.45, 2.75) is 37.6 Å². The number of hydrogen-bond donors (Lipinski definition) is 3. The molecule has 0 spiro atoms. The SMILES string of the molecule is Nc1ccc(C(=O)NC2(C(=O)O)CCCCC2)cc1Cl. The third kappa shape index (κ3) is 2.88. The van der Waals surface area contributed by atoms with Gasteiger partial charge in [0.25, 0.3) is 5.91 Å². The zero-order valence-electron chi connectivity index (χ0n) is 11.0. The van der Waals surface area contributed by atoms with Crippen LogP contribution in [-0.2, 0) is 4.79 Å². The Kier molecular flexibility index (Phi) is 4.18. The van der Waals surface area contributed by atoms with Gasteiger partial charge in [-0.2, -0.15) is 0 Å². The molecule has 108 valence electrons. The average Bonchev–Trinajstić information content (AvgIpc) is 2.42. The van der Waals surface area contributed by atoms with Crippen LogP contribution >= 0.6 is 11.6 Å². The van der Waals surface area contributed by atoms with Gasteiger partial charge in [0.15, 0.2) is 0 Å². The molecule has 6 heteroatoms. The van der Waals surface area contributed by atoms with E-state index in [2.05, 4.69) is 5.32 Å². The van der Waals surface area contributed by atoms with Gasteiger partial charge in [0, 0.05) is 5.56 Å². The van der Waals surface area contributed by atoms with E-state index in [-0.39, 0.29) is 5.02 Å². The first-order chi connectivity index (χ1) is 9.44. The van der Waals surface area contributed by atoms with Gasteiger partial charge in [0.2, 0.25) is 0 Å². The molecule has 0 saturated heterocycles. The van der Waals surface area contributed by atoms with E-state index in [1.807, 2.05) is 0 Å². The summed E-state index contributed by atoms with van der Waals surface area (Å²) < 4.78 is 0. The van der Waals surface area contributed by atoms with Gasteiger partial charge in [0.1, 0.15) is 5.54 Å². The summed E-state index contributed by atoms with van der Waals surface area (Å²) >= 11 is 5.88. The monoisotopic (exact) mass is 296 g/mol. The highest BCUT2D eigenvalue weighted by atomic mass is 35.5. The lowest BCUT2D eigenvalue weighted by atomic mass is 9.81. The van der Waals surface area contributed by atoms with Crippen LogP contribution in [0.1, 0.15) is 42.5 Å². The summed E-state index contributed by atoms with van der Waals surface area (Å²) in [5.74, 6) is -1.41. The van der Waals surface area contributed by atoms with Gasteiger partial charge < -0.3 is 16.2 Å². The van der Waals surface area contributed by atoms with Gasteiger partial charge in [-0.05, 0) is 31.0 Å². The van der Waals surface area contributed by atoms with Crippen LogP contribution in [0.3, 0.4) is 0 Å². The van der Waals surface area contributed by atoms with Crippen molar-refractivity contribution in [3.8, 4) is 0 Å². The van der Waals surface area contributed by atoms with E-state index in [4.69, 9.17) is 17.3 Å². The predicted molar refractivity (Wildman–Crippen MR) is 76.8 cm³/mol. The Balaban J connectivity index is 2.20. The van der Waals surface area contributed by atoms with Crippen LogP contribution < -0.4 is 11.1 Å². The van der Waals surface area contributed by atoms with E-state index in [0.717, 1.165) is 19.3 Å². The smallest absolute Gasteiger partial charge is 0.329 e. The average molecular weight is 297 g/mol. The first-order valence-electron chi connectivity index (χ1n) is 6.55. The van der Waals surface area contributed by atoms with Crippen LogP contribution in [0.4, 0.5) is 5.69 Å². The molecular weight excluding hydrogens is 280 g/mol. The van der Waals surface area contributed by atoms with Crippen molar-refractivity contribution in [2.24, 2.45) is 0 Å². The lowest BCUT2D eigenvalue weighted by Crippen LogP contribution is -2.55. The molecule has 5 nitrogen and oxygen atoms in total. The third-order valence-electron chi connectivity index (χ3n) is 3.73. The Morgan fingerprint density at radius 1 is 1.25 bits per heavy atom. The number of amides is 1. The van der Waals surface area contributed by atoms with E-state index in [0.29, 0.717) is 24.1 Å². The summed E-state index contributed by atoms with van der Waals surface area (Å²) in [5, 5.41) is 12.4. The molecule has 1 amide bonds.